The van der Waals surface area contributed by atoms with Crippen molar-refractivity contribution in [3.8, 4) is 0 Å². The van der Waals surface area contributed by atoms with Crippen molar-refractivity contribution < 1.29 is 32.9 Å². The number of rotatable bonds is 68. The molecule has 0 aromatic rings. The van der Waals surface area contributed by atoms with Gasteiger partial charge in [0.05, 0.1) is 39.9 Å². The summed E-state index contributed by atoms with van der Waals surface area (Å²) in [6, 6.07) is -0.920. The Morgan fingerprint density at radius 3 is 1.04 bits per heavy atom. The van der Waals surface area contributed by atoms with E-state index in [1.54, 1.807) is 6.08 Å². The van der Waals surface area contributed by atoms with Crippen LogP contribution in [0, 0.1) is 0 Å². The summed E-state index contributed by atoms with van der Waals surface area (Å²) in [6.07, 6.45) is 103. The SMILES string of the molecule is CC/C=C\C/C=C\C/C=C\C/C=C\C/C=C\C/C=C\C/C=C\CCCCCCCCCCCCCCCC(=O)NC(COP(=O)([O-])OCC[N+](C)(C)C)C(O)/C=C/CC/C=C/CC/C=C/CCCCCCCCCCCCCCCCCCCCCCCC. The van der Waals surface area contributed by atoms with Crippen LogP contribution in [-0.4, -0.2) is 68.5 Å². The zero-order chi connectivity index (χ0) is 64.8. The summed E-state index contributed by atoms with van der Waals surface area (Å²) in [4.78, 5) is 25.7. The number of phosphoric acid groups is 1. The van der Waals surface area contributed by atoms with Gasteiger partial charge in [-0.3, -0.25) is 9.36 Å². The second-order valence-electron chi connectivity index (χ2n) is 26.3. The van der Waals surface area contributed by atoms with Gasteiger partial charge in [0.2, 0.25) is 5.91 Å². The molecule has 0 aliphatic heterocycles. The predicted octanol–water partition coefficient (Wildman–Crippen LogP) is 23.8. The molecule has 2 N–H and O–H groups in total. The smallest absolute Gasteiger partial charge is 0.268 e. The minimum Gasteiger partial charge on any atom is -0.756 e. The maximum Gasteiger partial charge on any atom is 0.268 e. The van der Waals surface area contributed by atoms with Crippen LogP contribution in [0.1, 0.15) is 328 Å². The number of aliphatic hydroxyl groups excluding tert-OH is 1. The van der Waals surface area contributed by atoms with Gasteiger partial charge in [-0.2, -0.15) is 0 Å². The lowest BCUT2D eigenvalue weighted by atomic mass is 10.0. The lowest BCUT2D eigenvalue weighted by Gasteiger charge is -2.29. The van der Waals surface area contributed by atoms with Gasteiger partial charge in [-0.1, -0.05) is 341 Å². The van der Waals surface area contributed by atoms with E-state index in [0.717, 1.165) is 89.9 Å². The van der Waals surface area contributed by atoms with Crippen LogP contribution >= 0.6 is 7.82 Å². The molecule has 0 aromatic carbocycles. The Morgan fingerprint density at radius 1 is 0.404 bits per heavy atom. The maximum absolute atomic E-state index is 13.1. The lowest BCUT2D eigenvalue weighted by Crippen LogP contribution is -2.45. The van der Waals surface area contributed by atoms with Gasteiger partial charge < -0.3 is 28.8 Å². The molecule has 0 saturated carbocycles. The Balaban J connectivity index is 4.12. The quantitative estimate of drug-likeness (QED) is 0.0272. The number of nitrogens with one attached hydrogen (secondary N) is 1. The number of hydrogen-bond donors (Lipinski definition) is 2. The first-order valence-corrected chi connectivity index (χ1v) is 38.9. The minimum atomic E-state index is -4.63. The third kappa shape index (κ3) is 72.2. The van der Waals surface area contributed by atoms with Crippen LogP contribution in [0.3, 0.4) is 0 Å². The van der Waals surface area contributed by atoms with Gasteiger partial charge in [-0.05, 0) is 103 Å². The molecule has 3 unspecified atom stereocenters. The molecule has 8 nitrogen and oxygen atoms in total. The zero-order valence-electron chi connectivity index (χ0n) is 58.9. The number of likely N-dealkylation sites (N-methyl/N-ethyl adjacent to an activating group) is 1. The molecule has 0 aliphatic rings. The number of carbonyl (C=O) groups excluding carboxylic acids is 1. The second kappa shape index (κ2) is 69.2. The first-order chi connectivity index (χ1) is 43.5. The van der Waals surface area contributed by atoms with Crippen LogP contribution in [-0.2, 0) is 18.4 Å². The number of nitrogens with zero attached hydrogens (tertiary/aromatic N) is 1. The Labute approximate surface area is 552 Å². The molecule has 1 amide bonds. The van der Waals surface area contributed by atoms with E-state index in [-0.39, 0.29) is 12.5 Å². The summed E-state index contributed by atoms with van der Waals surface area (Å²) in [7, 11) is 1.23. The molecular formula is C80H143N2O6P. The molecule has 0 saturated heterocycles. The van der Waals surface area contributed by atoms with Crippen molar-refractivity contribution in [2.45, 2.75) is 341 Å². The standard InChI is InChI=1S/C80H143N2O6P/c1-6-8-10-12-14-16-18-20-22-24-26-28-30-32-34-36-38-40-41-42-44-46-48-50-52-54-56-58-60-62-64-66-68-70-72-74-80(84)81-78(77-88-89(85,86)87-76-75-82(3,4)5)79(83)73-71-69-67-65-63-61-59-57-55-53-51-49-47-45-43-39-37-35-33-31-29-27-25-23-21-19-17-15-13-11-9-7-2/h8,10,14,16,20,22,26,28,32,34,38,40,42,44,55,57,63,65,71,73,78-79,83H,6-7,9,11-13,15,17-19,21,23-25,27,29-31,33,35-37,39,41,43,45-54,56,58-62,64,66-70,72,74-77H2,1-5H3,(H-,81,84,85,86)/b10-8-,16-14-,22-20-,28-26-,34-32-,40-38-,44-42-,57-55+,65-63+,73-71+. The number of amides is 1. The highest BCUT2D eigenvalue weighted by molar-refractivity contribution is 7.45. The van der Waals surface area contributed by atoms with Crippen LogP contribution < -0.4 is 10.2 Å². The summed E-state index contributed by atoms with van der Waals surface area (Å²) in [5.74, 6) is -0.214. The largest absolute Gasteiger partial charge is 0.756 e. The van der Waals surface area contributed by atoms with Crippen LogP contribution in [0.15, 0.2) is 122 Å². The summed E-state index contributed by atoms with van der Waals surface area (Å²) in [5.41, 5.74) is 0. The van der Waals surface area contributed by atoms with Gasteiger partial charge in [0.1, 0.15) is 13.2 Å². The summed E-state index contributed by atoms with van der Waals surface area (Å²) in [6.45, 7) is 4.53. The van der Waals surface area contributed by atoms with E-state index in [1.165, 1.54) is 218 Å². The molecule has 0 radical (unpaired) electrons. The van der Waals surface area contributed by atoms with E-state index in [2.05, 4.69) is 129 Å². The molecule has 0 fully saturated rings. The van der Waals surface area contributed by atoms with Gasteiger partial charge in [-0.25, -0.2) is 0 Å². The predicted molar refractivity (Wildman–Crippen MR) is 389 cm³/mol. The van der Waals surface area contributed by atoms with E-state index >= 15 is 0 Å². The Bertz CT molecular complexity index is 1870. The average Bonchev–Trinajstić information content (AvgIpc) is 3.64. The number of aliphatic hydroxyl groups is 1. The summed E-state index contributed by atoms with van der Waals surface area (Å²) in [5, 5.41) is 14.0. The van der Waals surface area contributed by atoms with E-state index in [1.807, 2.05) is 27.2 Å². The van der Waals surface area contributed by atoms with Gasteiger partial charge in [0, 0.05) is 6.42 Å². The van der Waals surface area contributed by atoms with E-state index in [4.69, 9.17) is 9.05 Å². The van der Waals surface area contributed by atoms with Crippen molar-refractivity contribution in [2.24, 2.45) is 0 Å². The molecule has 3 atom stereocenters. The van der Waals surface area contributed by atoms with Gasteiger partial charge in [-0.15, -0.1) is 0 Å². The molecule has 89 heavy (non-hydrogen) atoms. The molecule has 514 valence electrons. The highest BCUT2D eigenvalue weighted by atomic mass is 31.2. The Hall–Kier alpha value is -3.10. The number of hydrogen-bond acceptors (Lipinski definition) is 6. The third-order valence-corrected chi connectivity index (χ3v) is 17.3. The lowest BCUT2D eigenvalue weighted by molar-refractivity contribution is -0.870. The highest BCUT2D eigenvalue weighted by Crippen LogP contribution is 2.38. The van der Waals surface area contributed by atoms with Crippen LogP contribution in [0.5, 0.6) is 0 Å². The van der Waals surface area contributed by atoms with E-state index in [0.29, 0.717) is 17.4 Å². The molecule has 0 aromatic heterocycles. The van der Waals surface area contributed by atoms with Crippen molar-refractivity contribution in [1.29, 1.82) is 0 Å². The fourth-order valence-electron chi connectivity index (χ4n) is 10.6. The number of allylic oxidation sites excluding steroid dienone is 19. The third-order valence-electron chi connectivity index (χ3n) is 16.4. The van der Waals surface area contributed by atoms with E-state index in [9.17, 15) is 19.4 Å². The van der Waals surface area contributed by atoms with Crippen molar-refractivity contribution >= 4 is 13.7 Å². The Morgan fingerprint density at radius 2 is 0.697 bits per heavy atom. The molecule has 0 aliphatic carbocycles. The number of phosphoric ester groups is 1. The molecule has 0 heterocycles. The number of carbonyl (C=O) groups is 1. The molecule has 9 heteroatoms. The summed E-state index contributed by atoms with van der Waals surface area (Å²) >= 11 is 0. The zero-order valence-corrected chi connectivity index (χ0v) is 59.7. The number of quaternary nitrogens is 1. The van der Waals surface area contributed by atoms with Crippen molar-refractivity contribution in [3.05, 3.63) is 122 Å². The van der Waals surface area contributed by atoms with E-state index < -0.39 is 26.6 Å². The normalized spacial score (nSPS) is 14.3. The highest BCUT2D eigenvalue weighted by Gasteiger charge is 2.23. The molecule has 0 spiro atoms. The maximum atomic E-state index is 13.1. The van der Waals surface area contributed by atoms with Crippen LogP contribution in [0.25, 0.3) is 0 Å². The minimum absolute atomic E-state index is 0.0138. The first kappa shape index (κ1) is 85.9. The monoisotopic (exact) mass is 1260 g/mol. The molecular weight excluding hydrogens is 1120 g/mol. The first-order valence-electron chi connectivity index (χ1n) is 37.4. The van der Waals surface area contributed by atoms with Crippen LogP contribution in [0.2, 0.25) is 0 Å². The molecule has 0 rings (SSSR count). The van der Waals surface area contributed by atoms with Crippen molar-refractivity contribution in [1.82, 2.24) is 5.32 Å². The average molecular weight is 1260 g/mol. The summed E-state index contributed by atoms with van der Waals surface area (Å²) < 4.78 is 23.5. The van der Waals surface area contributed by atoms with Gasteiger partial charge in [0.15, 0.2) is 0 Å². The second-order valence-corrected chi connectivity index (χ2v) is 27.7. The van der Waals surface area contributed by atoms with Gasteiger partial charge in [0.25, 0.3) is 7.82 Å². The van der Waals surface area contributed by atoms with Crippen molar-refractivity contribution in [2.75, 3.05) is 40.9 Å². The number of unbranched alkanes of at least 4 members (excludes halogenated alkanes) is 37. The van der Waals surface area contributed by atoms with Gasteiger partial charge >= 0.3 is 0 Å². The van der Waals surface area contributed by atoms with Crippen molar-refractivity contribution in [3.63, 3.8) is 0 Å². The topological polar surface area (TPSA) is 108 Å². The molecule has 0 bridgehead atoms. The fourth-order valence-corrected chi connectivity index (χ4v) is 11.4. The fraction of sp³-hybridized carbons (Fsp3) is 0.738. The van der Waals surface area contributed by atoms with Crippen LogP contribution in [0.4, 0.5) is 0 Å². The Kier molecular flexibility index (Phi) is 66.8.